The lowest BCUT2D eigenvalue weighted by Gasteiger charge is -2.43. The molecular formula is C21H22N2O3. The normalized spacial score (nSPS) is 22.1. The molecule has 2 aromatic carbocycles. The molecule has 26 heavy (non-hydrogen) atoms. The van der Waals surface area contributed by atoms with E-state index in [0.29, 0.717) is 11.7 Å². The highest BCUT2D eigenvalue weighted by molar-refractivity contribution is 6.12. The van der Waals surface area contributed by atoms with Gasteiger partial charge in [0, 0.05) is 11.8 Å². The van der Waals surface area contributed by atoms with Crippen molar-refractivity contribution in [3.63, 3.8) is 0 Å². The summed E-state index contributed by atoms with van der Waals surface area (Å²) in [5.41, 5.74) is 2.51. The second-order valence-corrected chi connectivity index (χ2v) is 7.25. The number of nitrogens with zero attached hydrogens (tertiary/aromatic N) is 1. The maximum atomic E-state index is 13.4. The molecule has 0 unspecified atom stereocenters. The van der Waals surface area contributed by atoms with Crippen molar-refractivity contribution in [3.8, 4) is 11.5 Å². The van der Waals surface area contributed by atoms with E-state index in [1.54, 1.807) is 0 Å². The van der Waals surface area contributed by atoms with Crippen LogP contribution in [0.4, 0.5) is 11.4 Å². The average molecular weight is 350 g/mol. The predicted molar refractivity (Wildman–Crippen MR) is 99.8 cm³/mol. The highest BCUT2D eigenvalue weighted by atomic mass is 16.7. The Hall–Kier alpha value is -2.69. The number of nitrogens with one attached hydrogen (secondary N) is 1. The van der Waals surface area contributed by atoms with Gasteiger partial charge in [0.05, 0.1) is 11.3 Å². The Bertz CT molecular complexity index is 845. The van der Waals surface area contributed by atoms with E-state index in [1.165, 1.54) is 19.3 Å². The van der Waals surface area contributed by atoms with Crippen molar-refractivity contribution < 1.29 is 14.3 Å². The Labute approximate surface area is 152 Å². The number of rotatable bonds is 2. The minimum Gasteiger partial charge on any atom is -0.454 e. The fourth-order valence-electron chi connectivity index (χ4n) is 4.37. The molecule has 3 aliphatic rings. The van der Waals surface area contributed by atoms with Gasteiger partial charge in [-0.05, 0) is 43.0 Å². The lowest BCUT2D eigenvalue weighted by atomic mass is 9.85. The lowest BCUT2D eigenvalue weighted by molar-refractivity contribution is 0.0961. The zero-order valence-corrected chi connectivity index (χ0v) is 14.6. The van der Waals surface area contributed by atoms with Crippen LogP contribution in [0.2, 0.25) is 0 Å². The molecule has 2 aliphatic heterocycles. The van der Waals surface area contributed by atoms with Gasteiger partial charge in [-0.3, -0.25) is 9.69 Å². The summed E-state index contributed by atoms with van der Waals surface area (Å²) >= 11 is 0. The number of anilines is 2. The topological polar surface area (TPSA) is 50.8 Å². The summed E-state index contributed by atoms with van der Waals surface area (Å²) in [5, 5.41) is 3.65. The first-order valence-corrected chi connectivity index (χ1v) is 9.40. The molecule has 1 N–H and O–H groups in total. The quantitative estimate of drug-likeness (QED) is 0.872. The zero-order valence-electron chi connectivity index (χ0n) is 14.6. The fourth-order valence-corrected chi connectivity index (χ4v) is 4.37. The molecule has 134 valence electrons. The maximum Gasteiger partial charge on any atom is 0.262 e. The Morgan fingerprint density at radius 2 is 1.77 bits per heavy atom. The number of amides is 1. The van der Waals surface area contributed by atoms with Gasteiger partial charge in [0.15, 0.2) is 11.5 Å². The summed E-state index contributed by atoms with van der Waals surface area (Å²) in [4.78, 5) is 15.3. The summed E-state index contributed by atoms with van der Waals surface area (Å²) in [6.07, 6.45) is 6.01. The van der Waals surface area contributed by atoms with Crippen LogP contribution in [0.5, 0.6) is 11.5 Å². The van der Waals surface area contributed by atoms with Crippen LogP contribution in [-0.2, 0) is 0 Å². The largest absolute Gasteiger partial charge is 0.454 e. The standard InChI is InChI=1S/C21H22N2O3/c24-21-16-8-4-5-9-17(16)22-20(14-6-2-1-3-7-14)23(21)15-10-11-18-19(12-15)26-13-25-18/h4-5,8-12,14,20,22H,1-3,6-7,13H2/t20-/m0/s1. The summed E-state index contributed by atoms with van der Waals surface area (Å²) in [6, 6.07) is 13.6. The van der Waals surface area contributed by atoms with Gasteiger partial charge in [0.1, 0.15) is 6.17 Å². The molecule has 0 bridgehead atoms. The molecule has 5 rings (SSSR count). The summed E-state index contributed by atoms with van der Waals surface area (Å²) < 4.78 is 11.0. The Balaban J connectivity index is 1.58. The van der Waals surface area contributed by atoms with Crippen LogP contribution in [0.1, 0.15) is 42.5 Å². The smallest absolute Gasteiger partial charge is 0.262 e. The van der Waals surface area contributed by atoms with Crippen LogP contribution in [-0.4, -0.2) is 18.9 Å². The first kappa shape index (κ1) is 15.6. The summed E-state index contributed by atoms with van der Waals surface area (Å²) in [5.74, 6) is 1.94. The van der Waals surface area contributed by atoms with E-state index in [2.05, 4.69) is 5.32 Å². The highest BCUT2D eigenvalue weighted by Gasteiger charge is 2.38. The van der Waals surface area contributed by atoms with E-state index in [-0.39, 0.29) is 18.9 Å². The van der Waals surface area contributed by atoms with Crippen molar-refractivity contribution in [2.24, 2.45) is 5.92 Å². The number of carbonyl (C=O) groups excluding carboxylic acids is 1. The molecule has 0 spiro atoms. The number of para-hydroxylation sites is 1. The summed E-state index contributed by atoms with van der Waals surface area (Å²) in [6.45, 7) is 0.236. The molecule has 0 radical (unpaired) electrons. The van der Waals surface area contributed by atoms with Gasteiger partial charge in [0.25, 0.3) is 5.91 Å². The first-order chi connectivity index (χ1) is 12.8. The summed E-state index contributed by atoms with van der Waals surface area (Å²) in [7, 11) is 0. The van der Waals surface area contributed by atoms with E-state index in [1.807, 2.05) is 47.4 Å². The third-order valence-corrected chi connectivity index (χ3v) is 5.69. The van der Waals surface area contributed by atoms with Crippen molar-refractivity contribution >= 4 is 17.3 Å². The molecule has 1 atom stereocenters. The van der Waals surface area contributed by atoms with Crippen LogP contribution in [0.15, 0.2) is 42.5 Å². The maximum absolute atomic E-state index is 13.4. The molecule has 0 aromatic heterocycles. The van der Waals surface area contributed by atoms with Crippen LogP contribution in [0.25, 0.3) is 0 Å². The molecule has 1 aliphatic carbocycles. The van der Waals surface area contributed by atoms with E-state index >= 15 is 0 Å². The van der Waals surface area contributed by atoms with Crippen molar-refractivity contribution in [3.05, 3.63) is 48.0 Å². The van der Waals surface area contributed by atoms with Gasteiger partial charge in [-0.25, -0.2) is 0 Å². The van der Waals surface area contributed by atoms with E-state index < -0.39 is 0 Å². The van der Waals surface area contributed by atoms with E-state index in [0.717, 1.165) is 35.5 Å². The number of carbonyl (C=O) groups is 1. The second-order valence-electron chi connectivity index (χ2n) is 7.25. The van der Waals surface area contributed by atoms with Crippen molar-refractivity contribution in [1.29, 1.82) is 0 Å². The zero-order chi connectivity index (χ0) is 17.5. The van der Waals surface area contributed by atoms with Crippen LogP contribution in [0, 0.1) is 5.92 Å². The van der Waals surface area contributed by atoms with Crippen LogP contribution < -0.4 is 19.7 Å². The third-order valence-electron chi connectivity index (χ3n) is 5.69. The SMILES string of the molecule is O=C1c2ccccc2N[C@H](C2CCCCC2)N1c1ccc2c(c1)OCO2. The Morgan fingerprint density at radius 1 is 0.962 bits per heavy atom. The van der Waals surface area contributed by atoms with Gasteiger partial charge in [-0.1, -0.05) is 31.4 Å². The molecule has 1 saturated carbocycles. The van der Waals surface area contributed by atoms with Crippen molar-refractivity contribution in [2.45, 2.75) is 38.3 Å². The molecule has 0 saturated heterocycles. The molecule has 1 amide bonds. The number of benzene rings is 2. The molecule has 5 nitrogen and oxygen atoms in total. The van der Waals surface area contributed by atoms with Gasteiger partial charge in [0.2, 0.25) is 6.79 Å². The molecule has 5 heteroatoms. The molecule has 2 heterocycles. The fraction of sp³-hybridized carbons (Fsp3) is 0.381. The number of fused-ring (bicyclic) bond motifs is 2. The molecule has 2 aromatic rings. The Kier molecular flexibility index (Phi) is 3.73. The number of hydrogen-bond donors (Lipinski definition) is 1. The monoisotopic (exact) mass is 350 g/mol. The van der Waals surface area contributed by atoms with Crippen LogP contribution >= 0.6 is 0 Å². The number of hydrogen-bond acceptors (Lipinski definition) is 4. The molecule has 1 fully saturated rings. The Morgan fingerprint density at radius 3 is 2.65 bits per heavy atom. The van der Waals surface area contributed by atoms with E-state index in [9.17, 15) is 4.79 Å². The minimum atomic E-state index is -0.0296. The van der Waals surface area contributed by atoms with Crippen LogP contribution in [0.3, 0.4) is 0 Å². The van der Waals surface area contributed by atoms with Gasteiger partial charge in [-0.2, -0.15) is 0 Å². The first-order valence-electron chi connectivity index (χ1n) is 9.40. The average Bonchev–Trinajstić information content (AvgIpc) is 3.16. The lowest BCUT2D eigenvalue weighted by Crippen LogP contribution is -2.53. The molecular weight excluding hydrogens is 328 g/mol. The van der Waals surface area contributed by atoms with Gasteiger partial charge >= 0.3 is 0 Å². The van der Waals surface area contributed by atoms with Crippen molar-refractivity contribution in [2.75, 3.05) is 17.0 Å². The van der Waals surface area contributed by atoms with Gasteiger partial charge < -0.3 is 14.8 Å². The number of ether oxygens (including phenoxy) is 2. The highest BCUT2D eigenvalue weighted by Crippen LogP contribution is 2.41. The van der Waals surface area contributed by atoms with E-state index in [4.69, 9.17) is 9.47 Å². The third kappa shape index (κ3) is 2.50. The minimum absolute atomic E-state index is 0.0296. The second kappa shape index (κ2) is 6.24. The van der Waals surface area contributed by atoms with Gasteiger partial charge in [-0.15, -0.1) is 0 Å². The predicted octanol–water partition coefficient (Wildman–Crippen LogP) is 4.39. The van der Waals surface area contributed by atoms with Crippen molar-refractivity contribution in [1.82, 2.24) is 0 Å².